The molecule has 2 aromatic carbocycles. The van der Waals surface area contributed by atoms with E-state index in [1.165, 1.54) is 18.2 Å². The standard InChI is InChI=1S/C18H14ClF6N2O3P/c1-30-31(29,11-5-8(17(20,21)22)4-9(6-11)18(23,24)25)15-12-7-10(19)2-3-13(12)27-14(15)16(26)28/h2-7,14-15,27H,1H3,(H2,26,28). The number of benzene rings is 2. The summed E-state index contributed by atoms with van der Waals surface area (Å²) in [5.41, 5.74) is 0.894. The average molecular weight is 487 g/mol. The molecule has 0 fully saturated rings. The monoisotopic (exact) mass is 486 g/mol. The van der Waals surface area contributed by atoms with Crippen LogP contribution in [0.25, 0.3) is 0 Å². The van der Waals surface area contributed by atoms with Gasteiger partial charge < -0.3 is 15.6 Å². The molecule has 5 nitrogen and oxygen atoms in total. The SMILES string of the molecule is COP(=O)(c1cc(C(F)(F)F)cc(C(F)(F)F)c1)C1c2cc(Cl)ccc2NC1C(N)=O. The Morgan fingerprint density at radius 1 is 1.06 bits per heavy atom. The van der Waals surface area contributed by atoms with E-state index in [1.807, 2.05) is 0 Å². The largest absolute Gasteiger partial charge is 0.416 e. The summed E-state index contributed by atoms with van der Waals surface area (Å²) in [5.74, 6) is -1.03. The van der Waals surface area contributed by atoms with E-state index in [2.05, 4.69) is 5.32 Å². The van der Waals surface area contributed by atoms with Gasteiger partial charge in [0.15, 0.2) is 0 Å². The van der Waals surface area contributed by atoms with Crippen LogP contribution in [0.5, 0.6) is 0 Å². The predicted molar refractivity (Wildman–Crippen MR) is 101 cm³/mol. The van der Waals surface area contributed by atoms with Crippen LogP contribution in [0.2, 0.25) is 5.02 Å². The van der Waals surface area contributed by atoms with Gasteiger partial charge in [-0.25, -0.2) is 0 Å². The van der Waals surface area contributed by atoms with Gasteiger partial charge in [-0.1, -0.05) is 11.6 Å². The first-order valence-electron chi connectivity index (χ1n) is 8.49. The van der Waals surface area contributed by atoms with Gasteiger partial charge in [0.2, 0.25) is 13.3 Å². The highest BCUT2D eigenvalue weighted by Gasteiger charge is 2.50. The topological polar surface area (TPSA) is 81.4 Å². The number of carbonyl (C=O) groups is 1. The first-order chi connectivity index (χ1) is 14.2. The highest BCUT2D eigenvalue weighted by Crippen LogP contribution is 2.64. The van der Waals surface area contributed by atoms with Crippen molar-refractivity contribution in [2.45, 2.75) is 24.1 Å². The fourth-order valence-electron chi connectivity index (χ4n) is 3.44. The second kappa shape index (κ2) is 7.72. The van der Waals surface area contributed by atoms with Crippen molar-refractivity contribution in [3.05, 3.63) is 58.1 Å². The van der Waals surface area contributed by atoms with Crippen LogP contribution in [0.15, 0.2) is 36.4 Å². The van der Waals surface area contributed by atoms with Crippen LogP contribution in [0.3, 0.4) is 0 Å². The Labute approximate surface area is 177 Å². The molecule has 31 heavy (non-hydrogen) atoms. The van der Waals surface area contributed by atoms with Crippen LogP contribution in [-0.2, 0) is 26.2 Å². The lowest BCUT2D eigenvalue weighted by molar-refractivity contribution is -0.143. The summed E-state index contributed by atoms with van der Waals surface area (Å²) < 4.78 is 98.7. The number of alkyl halides is 6. The lowest BCUT2D eigenvalue weighted by Crippen LogP contribution is -2.37. The molecule has 1 aliphatic heterocycles. The van der Waals surface area contributed by atoms with Crippen LogP contribution in [0, 0.1) is 0 Å². The highest BCUT2D eigenvalue weighted by molar-refractivity contribution is 7.67. The van der Waals surface area contributed by atoms with Crippen molar-refractivity contribution in [3.63, 3.8) is 0 Å². The van der Waals surface area contributed by atoms with E-state index in [1.54, 1.807) is 0 Å². The molecule has 0 spiro atoms. The maximum Gasteiger partial charge on any atom is 0.416 e. The Bertz CT molecular complexity index is 1060. The summed E-state index contributed by atoms with van der Waals surface area (Å²) in [6, 6.07) is 3.26. The van der Waals surface area contributed by atoms with E-state index >= 15 is 0 Å². The van der Waals surface area contributed by atoms with E-state index in [9.17, 15) is 35.7 Å². The molecule has 0 saturated heterocycles. The zero-order chi connectivity index (χ0) is 23.4. The molecule has 1 heterocycles. The van der Waals surface area contributed by atoms with E-state index < -0.39 is 53.8 Å². The first kappa shape index (κ1) is 23.4. The van der Waals surface area contributed by atoms with Gasteiger partial charge in [0, 0.05) is 23.1 Å². The van der Waals surface area contributed by atoms with Gasteiger partial charge in [-0.3, -0.25) is 9.36 Å². The van der Waals surface area contributed by atoms with Crippen molar-refractivity contribution in [3.8, 4) is 0 Å². The predicted octanol–water partition coefficient (Wildman–Crippen LogP) is 4.95. The minimum absolute atomic E-state index is 0.0905. The highest BCUT2D eigenvalue weighted by atomic mass is 35.5. The van der Waals surface area contributed by atoms with Crippen molar-refractivity contribution in [2.75, 3.05) is 12.4 Å². The van der Waals surface area contributed by atoms with Crippen molar-refractivity contribution >= 4 is 35.9 Å². The zero-order valence-corrected chi connectivity index (χ0v) is 17.2. The third kappa shape index (κ3) is 4.26. The molecule has 3 atom stereocenters. The Kier molecular flexibility index (Phi) is 5.84. The molecule has 2 aromatic rings. The third-order valence-electron chi connectivity index (χ3n) is 4.84. The molecule has 0 aromatic heterocycles. The van der Waals surface area contributed by atoms with Gasteiger partial charge in [0.05, 0.1) is 16.8 Å². The molecule has 3 N–H and O–H groups in total. The number of carbonyl (C=O) groups excluding carboxylic acids is 1. The molecular formula is C18H14ClF6N2O3P. The van der Waals surface area contributed by atoms with Crippen LogP contribution in [-0.4, -0.2) is 19.1 Å². The summed E-state index contributed by atoms with van der Waals surface area (Å²) in [4.78, 5) is 12.0. The molecule has 0 saturated carbocycles. The second-order valence-electron chi connectivity index (χ2n) is 6.74. The summed E-state index contributed by atoms with van der Waals surface area (Å²) >= 11 is 5.95. The lowest BCUT2D eigenvalue weighted by atomic mass is 10.1. The van der Waals surface area contributed by atoms with Gasteiger partial charge >= 0.3 is 12.4 Å². The molecule has 0 radical (unpaired) electrons. The number of anilines is 1. The van der Waals surface area contributed by atoms with Crippen LogP contribution < -0.4 is 16.4 Å². The number of nitrogens with one attached hydrogen (secondary N) is 1. The average Bonchev–Trinajstić information content (AvgIpc) is 3.05. The van der Waals surface area contributed by atoms with Crippen LogP contribution >= 0.6 is 19.0 Å². The summed E-state index contributed by atoms with van der Waals surface area (Å²) in [5, 5.41) is 1.96. The van der Waals surface area contributed by atoms with Gasteiger partial charge in [-0.2, -0.15) is 26.3 Å². The molecule has 1 amide bonds. The molecule has 1 aliphatic rings. The molecule has 0 bridgehead atoms. The van der Waals surface area contributed by atoms with Crippen LogP contribution in [0.1, 0.15) is 22.3 Å². The Morgan fingerprint density at radius 2 is 1.61 bits per heavy atom. The number of hydrogen-bond donors (Lipinski definition) is 2. The number of amides is 1. The molecule has 13 heteroatoms. The molecule has 168 valence electrons. The number of fused-ring (bicyclic) bond motifs is 1. The number of halogens is 7. The lowest BCUT2D eigenvalue weighted by Gasteiger charge is -2.28. The third-order valence-corrected chi connectivity index (χ3v) is 7.90. The van der Waals surface area contributed by atoms with Crippen molar-refractivity contribution < 1.29 is 40.2 Å². The minimum atomic E-state index is -5.16. The van der Waals surface area contributed by atoms with E-state index in [-0.39, 0.29) is 22.3 Å². The Balaban J connectivity index is 2.30. The minimum Gasteiger partial charge on any atom is -0.372 e. The van der Waals surface area contributed by atoms with Gasteiger partial charge in [-0.15, -0.1) is 0 Å². The fourth-order valence-corrected chi connectivity index (χ4v) is 6.21. The molecule has 0 aliphatic carbocycles. The van der Waals surface area contributed by atoms with Gasteiger partial charge in [0.25, 0.3) is 0 Å². The smallest absolute Gasteiger partial charge is 0.372 e. The normalized spacial score (nSPS) is 20.6. The van der Waals surface area contributed by atoms with Gasteiger partial charge in [0.1, 0.15) is 6.04 Å². The fraction of sp³-hybridized carbons (Fsp3) is 0.278. The first-order valence-corrected chi connectivity index (χ1v) is 10.6. The number of rotatable bonds is 4. The Hall–Kier alpha value is -2.23. The maximum atomic E-state index is 13.9. The summed E-state index contributed by atoms with van der Waals surface area (Å²) in [6.45, 7) is 0. The van der Waals surface area contributed by atoms with Crippen molar-refractivity contribution in [2.24, 2.45) is 5.73 Å². The number of nitrogens with two attached hydrogens (primary N) is 1. The summed E-state index contributed by atoms with van der Waals surface area (Å²) in [6.07, 6.45) is -10.3. The van der Waals surface area contributed by atoms with Crippen molar-refractivity contribution in [1.82, 2.24) is 0 Å². The molecule has 3 rings (SSSR count). The van der Waals surface area contributed by atoms with Crippen LogP contribution in [0.4, 0.5) is 32.0 Å². The Morgan fingerprint density at radius 3 is 2.06 bits per heavy atom. The molecule has 3 unspecified atom stereocenters. The van der Waals surface area contributed by atoms with Gasteiger partial charge in [-0.05, 0) is 42.0 Å². The van der Waals surface area contributed by atoms with E-state index in [0.717, 1.165) is 7.11 Å². The maximum absolute atomic E-state index is 13.9. The second-order valence-corrected chi connectivity index (χ2v) is 9.81. The number of hydrogen-bond acceptors (Lipinski definition) is 4. The zero-order valence-electron chi connectivity index (χ0n) is 15.5. The van der Waals surface area contributed by atoms with Crippen molar-refractivity contribution in [1.29, 1.82) is 0 Å². The van der Waals surface area contributed by atoms with E-state index in [0.29, 0.717) is 12.1 Å². The quantitative estimate of drug-likeness (QED) is 0.473. The molecular weight excluding hydrogens is 473 g/mol. The summed E-state index contributed by atoms with van der Waals surface area (Å²) in [7, 11) is -3.71. The van der Waals surface area contributed by atoms with E-state index in [4.69, 9.17) is 21.9 Å². The number of primary amides is 1.